The van der Waals surface area contributed by atoms with Gasteiger partial charge < -0.3 is 25.3 Å². The van der Waals surface area contributed by atoms with E-state index in [2.05, 4.69) is 5.16 Å². The predicted molar refractivity (Wildman–Crippen MR) is 42.7 cm³/mol. The molecule has 4 atom stereocenters. The molecule has 0 aromatic carbocycles. The van der Waals surface area contributed by atoms with Crippen LogP contribution in [0.4, 0.5) is 0 Å². The van der Waals surface area contributed by atoms with Gasteiger partial charge in [-0.1, -0.05) is 5.16 Å². The zero-order chi connectivity index (χ0) is 10.1. The molecule has 72 valence electrons. The lowest BCUT2D eigenvalue weighted by atomic mass is 9.90. The van der Waals surface area contributed by atoms with Crippen LogP contribution in [-0.2, 0) is 4.74 Å². The fourth-order valence-electron chi connectivity index (χ4n) is 1.24. The van der Waals surface area contributed by atoms with Crippen LogP contribution >= 0.6 is 0 Å². The maximum absolute atomic E-state index is 9.39. The maximum Gasteiger partial charge on any atom is 0.157 e. The Morgan fingerprint density at radius 2 is 2.15 bits per heavy atom. The number of ether oxygens (including phenoxy) is 1. The first-order valence-corrected chi connectivity index (χ1v) is 3.66. The van der Waals surface area contributed by atoms with Crippen molar-refractivity contribution in [2.75, 3.05) is 6.61 Å². The first-order chi connectivity index (χ1) is 6.07. The average Bonchev–Trinajstić information content (AvgIpc) is 2.32. The molecule has 0 aromatic rings. The smallest absolute Gasteiger partial charge is 0.157 e. The van der Waals surface area contributed by atoms with Gasteiger partial charge in [0.2, 0.25) is 0 Å². The van der Waals surface area contributed by atoms with Gasteiger partial charge in [-0.2, -0.15) is 0 Å². The molecule has 0 unspecified atom stereocenters. The Balaban J connectivity index is 2.89. The van der Waals surface area contributed by atoms with Crippen molar-refractivity contribution in [2.45, 2.75) is 23.8 Å². The largest absolute Gasteiger partial charge is 0.411 e. The summed E-state index contributed by atoms with van der Waals surface area (Å²) in [5.41, 5.74) is -1.62. The van der Waals surface area contributed by atoms with Gasteiger partial charge in [-0.15, -0.1) is 0 Å². The van der Waals surface area contributed by atoms with Crippen molar-refractivity contribution in [2.24, 2.45) is 5.16 Å². The number of hydrogen-bond acceptors (Lipinski definition) is 6. The Kier molecular flexibility index (Phi) is 2.92. The molecule has 4 N–H and O–H groups in total. The van der Waals surface area contributed by atoms with Crippen LogP contribution in [0.25, 0.3) is 0 Å². The fraction of sp³-hybridized carbons (Fsp3) is 0.833. The second-order valence-electron chi connectivity index (χ2n) is 2.88. The summed E-state index contributed by atoms with van der Waals surface area (Å²) in [4.78, 5) is 0. The molecule has 1 aliphatic heterocycles. The van der Waals surface area contributed by atoms with Gasteiger partial charge in [0.05, 0.1) is 12.8 Å². The van der Waals surface area contributed by atoms with E-state index in [0.29, 0.717) is 0 Å². The monoisotopic (exact) mass is 187 g/mol. The molecule has 0 bridgehead atoms. The van der Waals surface area contributed by atoms with E-state index < -0.39 is 30.4 Å². The lowest BCUT2D eigenvalue weighted by molar-refractivity contribution is -0.0491. The van der Waals surface area contributed by atoms with Crippen molar-refractivity contribution >= 4 is 14.1 Å². The number of hydrogen-bond donors (Lipinski definition) is 4. The van der Waals surface area contributed by atoms with Gasteiger partial charge in [-0.3, -0.25) is 0 Å². The molecule has 1 heterocycles. The Labute approximate surface area is 75.8 Å². The average molecular weight is 187 g/mol. The minimum atomic E-state index is -1.62. The first-order valence-electron chi connectivity index (χ1n) is 3.66. The van der Waals surface area contributed by atoms with Crippen LogP contribution in [0.3, 0.4) is 0 Å². The quantitative estimate of drug-likeness (QED) is 0.164. The molecule has 1 aliphatic rings. The normalized spacial score (nSPS) is 45.9. The highest BCUT2D eigenvalue weighted by Gasteiger charge is 2.51. The zero-order valence-corrected chi connectivity index (χ0v) is 6.74. The molecule has 6 nitrogen and oxygen atoms in total. The summed E-state index contributed by atoms with van der Waals surface area (Å²) in [6, 6.07) is -1.11. The predicted octanol–water partition coefficient (Wildman–Crippen LogP) is -2.58. The van der Waals surface area contributed by atoms with Crippen molar-refractivity contribution in [3.05, 3.63) is 0 Å². The van der Waals surface area contributed by atoms with E-state index in [9.17, 15) is 10.2 Å². The van der Waals surface area contributed by atoms with Gasteiger partial charge in [0.1, 0.15) is 20.1 Å². The highest BCUT2D eigenvalue weighted by Crippen LogP contribution is 2.28. The van der Waals surface area contributed by atoms with Crippen LogP contribution in [-0.4, -0.2) is 65.0 Å². The van der Waals surface area contributed by atoms with Crippen molar-refractivity contribution in [1.29, 1.82) is 0 Å². The van der Waals surface area contributed by atoms with Crippen molar-refractivity contribution < 1.29 is 25.3 Å². The summed E-state index contributed by atoms with van der Waals surface area (Å²) in [7, 11) is 5.26. The van der Waals surface area contributed by atoms with Crippen LogP contribution in [0.5, 0.6) is 0 Å². The number of rotatable bonds is 2. The van der Waals surface area contributed by atoms with E-state index in [1.54, 1.807) is 0 Å². The van der Waals surface area contributed by atoms with Crippen molar-refractivity contribution in [1.82, 2.24) is 0 Å². The van der Waals surface area contributed by atoms with E-state index in [1.165, 1.54) is 0 Å². The van der Waals surface area contributed by atoms with Crippen molar-refractivity contribution in [3.8, 4) is 0 Å². The third-order valence-corrected chi connectivity index (χ3v) is 2.04. The second-order valence-corrected chi connectivity index (χ2v) is 2.88. The first kappa shape index (κ1) is 10.5. The number of nitrogens with zero attached hydrogens (tertiary/aromatic N) is 1. The third-order valence-electron chi connectivity index (χ3n) is 2.04. The van der Waals surface area contributed by atoms with Crippen LogP contribution in [0.1, 0.15) is 0 Å². The van der Waals surface area contributed by atoms with Crippen LogP contribution in [0.15, 0.2) is 5.16 Å². The van der Waals surface area contributed by atoms with Crippen molar-refractivity contribution in [3.63, 3.8) is 0 Å². The molecular weight excluding hydrogens is 177 g/mol. The number of aliphatic hydroxyl groups excluding tert-OH is 3. The van der Waals surface area contributed by atoms with Gasteiger partial charge in [-0.05, 0) is 0 Å². The van der Waals surface area contributed by atoms with Crippen LogP contribution in [0.2, 0.25) is 0 Å². The van der Waals surface area contributed by atoms with E-state index in [0.717, 1.165) is 6.21 Å². The van der Waals surface area contributed by atoms with Gasteiger partial charge in [0.15, 0.2) is 5.60 Å². The highest BCUT2D eigenvalue weighted by atomic mass is 16.6. The minimum absolute atomic E-state index is 0.636. The minimum Gasteiger partial charge on any atom is -0.411 e. The molecule has 0 aromatic heterocycles. The van der Waals surface area contributed by atoms with Gasteiger partial charge >= 0.3 is 0 Å². The summed E-state index contributed by atoms with van der Waals surface area (Å²) >= 11 is 0. The topological polar surface area (TPSA) is 103 Å². The molecule has 0 saturated carbocycles. The molecule has 7 heteroatoms. The molecule has 13 heavy (non-hydrogen) atoms. The Hall–Kier alpha value is -0.625. The maximum atomic E-state index is 9.39. The lowest BCUT2D eigenvalue weighted by Gasteiger charge is -2.24. The lowest BCUT2D eigenvalue weighted by Crippen LogP contribution is -2.47. The highest BCUT2D eigenvalue weighted by molar-refractivity contribution is 6.12. The Bertz CT molecular complexity index is 213. The Morgan fingerprint density at radius 1 is 1.54 bits per heavy atom. The molecular formula is C6H10BNO5. The Morgan fingerprint density at radius 3 is 2.46 bits per heavy atom. The van der Waals surface area contributed by atoms with E-state index in [1.807, 2.05) is 0 Å². The standard InChI is InChI=1S/C6H10BNO5/c7-5-3(10)4(11)6(2-9,13-5)1-8-12/h1,3-5,9-12H,2H2/b8-1+/t3-,4+,5-,6-/m1/s1. The second kappa shape index (κ2) is 3.63. The third kappa shape index (κ3) is 1.55. The van der Waals surface area contributed by atoms with E-state index in [-0.39, 0.29) is 0 Å². The van der Waals surface area contributed by atoms with E-state index in [4.69, 9.17) is 22.9 Å². The molecule has 1 rings (SSSR count). The number of oxime groups is 1. The number of aliphatic hydroxyl groups is 3. The van der Waals surface area contributed by atoms with Crippen LogP contribution < -0.4 is 0 Å². The molecule has 1 saturated heterocycles. The van der Waals surface area contributed by atoms with Crippen LogP contribution in [0, 0.1) is 0 Å². The van der Waals surface area contributed by atoms with Gasteiger partial charge in [0, 0.05) is 6.00 Å². The fourth-order valence-corrected chi connectivity index (χ4v) is 1.24. The summed E-state index contributed by atoms with van der Waals surface area (Å²) < 4.78 is 4.88. The molecule has 1 fully saturated rings. The molecule has 0 aliphatic carbocycles. The van der Waals surface area contributed by atoms with Gasteiger partial charge in [-0.25, -0.2) is 0 Å². The van der Waals surface area contributed by atoms with Gasteiger partial charge in [0.25, 0.3) is 0 Å². The zero-order valence-electron chi connectivity index (χ0n) is 6.74. The molecule has 0 amide bonds. The molecule has 0 spiro atoms. The van der Waals surface area contributed by atoms with E-state index >= 15 is 0 Å². The summed E-state index contributed by atoms with van der Waals surface area (Å²) in [5, 5.41) is 38.4. The summed E-state index contributed by atoms with van der Waals surface area (Å²) in [5.74, 6) is 0. The molecule has 2 radical (unpaired) electrons. The summed E-state index contributed by atoms with van der Waals surface area (Å²) in [6.07, 6.45) is -1.93. The summed E-state index contributed by atoms with van der Waals surface area (Å²) in [6.45, 7) is -0.636. The SMILES string of the molecule is [B][C@@H]1O[C@](/C=N/O)(CO)[C@@H](O)[C@H]1O.